The van der Waals surface area contributed by atoms with Crippen LogP contribution in [-0.4, -0.2) is 35.0 Å². The molecule has 2 aliphatic heterocycles. The van der Waals surface area contributed by atoms with Crippen molar-refractivity contribution in [1.29, 1.82) is 0 Å². The van der Waals surface area contributed by atoms with E-state index in [1.165, 1.54) is 5.56 Å². The average Bonchev–Trinajstić information content (AvgIpc) is 2.83. The van der Waals surface area contributed by atoms with Crippen molar-refractivity contribution in [3.05, 3.63) is 47.8 Å². The van der Waals surface area contributed by atoms with Crippen LogP contribution in [0, 0.1) is 6.92 Å². The summed E-state index contributed by atoms with van der Waals surface area (Å²) in [5, 5.41) is 0. The summed E-state index contributed by atoms with van der Waals surface area (Å²) < 4.78 is 0. The molecule has 0 N–H and O–H groups in total. The van der Waals surface area contributed by atoms with Gasteiger partial charge in [0.25, 0.3) is 0 Å². The zero-order valence-corrected chi connectivity index (χ0v) is 15.1. The van der Waals surface area contributed by atoms with Gasteiger partial charge in [-0.25, -0.2) is 9.97 Å². The van der Waals surface area contributed by atoms with Crippen LogP contribution in [0.5, 0.6) is 0 Å². The van der Waals surface area contributed by atoms with E-state index in [0.29, 0.717) is 0 Å². The minimum Gasteiger partial charge on any atom is -0.356 e. The number of fused-ring (bicyclic) bond motifs is 1. The zero-order valence-electron chi connectivity index (χ0n) is 15.1. The Bertz CT molecular complexity index is 792. The number of nitrogens with zero attached hydrogens (tertiary/aromatic N) is 4. The molecule has 0 radical (unpaired) electrons. The summed E-state index contributed by atoms with van der Waals surface area (Å²) >= 11 is 0. The molecular weight excluding hydrogens is 312 g/mol. The number of aryl methyl sites for hydroxylation is 1. The predicted octanol–water partition coefficient (Wildman–Crippen LogP) is 3.08. The van der Waals surface area contributed by atoms with Gasteiger partial charge >= 0.3 is 0 Å². The number of carbonyl (C=O) groups is 1. The zero-order chi connectivity index (χ0) is 17.6. The monoisotopic (exact) mass is 336 g/mol. The molecule has 130 valence electrons. The lowest BCUT2D eigenvalue weighted by atomic mass is 9.87. The molecule has 0 aliphatic carbocycles. The Labute approximate surface area is 148 Å². The van der Waals surface area contributed by atoms with E-state index in [2.05, 4.69) is 27.0 Å². The van der Waals surface area contributed by atoms with Gasteiger partial charge in [-0.15, -0.1) is 0 Å². The molecule has 0 unspecified atom stereocenters. The third-order valence-corrected chi connectivity index (χ3v) is 5.49. The van der Waals surface area contributed by atoms with E-state index in [1.54, 1.807) is 6.20 Å². The molecule has 0 aromatic carbocycles. The molecule has 0 atom stereocenters. The number of anilines is 2. The normalized spacial score (nSPS) is 20.0. The van der Waals surface area contributed by atoms with Gasteiger partial charge in [0.05, 0.1) is 5.41 Å². The second-order valence-corrected chi connectivity index (χ2v) is 7.59. The Balaban J connectivity index is 1.53. The van der Waals surface area contributed by atoms with E-state index in [-0.39, 0.29) is 11.9 Å². The topological polar surface area (TPSA) is 49.3 Å². The minimum absolute atomic E-state index is 0.174. The quantitative estimate of drug-likeness (QED) is 0.846. The molecule has 0 saturated carbocycles. The molecule has 0 spiro atoms. The fourth-order valence-corrected chi connectivity index (χ4v) is 3.93. The molecule has 2 aromatic heterocycles. The first kappa shape index (κ1) is 16.1. The summed E-state index contributed by atoms with van der Waals surface area (Å²) in [6.45, 7) is 7.87. The van der Waals surface area contributed by atoms with Crippen LogP contribution in [0.25, 0.3) is 0 Å². The Kier molecular flexibility index (Phi) is 3.74. The average molecular weight is 336 g/mol. The summed E-state index contributed by atoms with van der Waals surface area (Å²) in [6, 6.07) is 8.34. The Morgan fingerprint density at radius 3 is 2.56 bits per heavy atom. The third-order valence-electron chi connectivity index (χ3n) is 5.49. The summed E-state index contributed by atoms with van der Waals surface area (Å²) in [4.78, 5) is 26.4. The maximum atomic E-state index is 13.0. The summed E-state index contributed by atoms with van der Waals surface area (Å²) in [5.74, 6) is 2.05. The standard InChI is InChI=1S/C20H24N4O/c1-14-6-7-17(22-13-14)23-11-8-15(9-12-23)24-18-16(5-4-10-21-18)20(2,3)19(24)25/h4-7,10,13,15H,8-9,11-12H2,1-3H3. The molecular formula is C20H24N4O. The van der Waals surface area contributed by atoms with E-state index in [4.69, 9.17) is 0 Å². The summed E-state index contributed by atoms with van der Waals surface area (Å²) in [5.41, 5.74) is 1.73. The Morgan fingerprint density at radius 2 is 1.88 bits per heavy atom. The summed E-state index contributed by atoms with van der Waals surface area (Å²) in [7, 11) is 0. The van der Waals surface area contributed by atoms with Crippen LogP contribution >= 0.6 is 0 Å². The van der Waals surface area contributed by atoms with Gasteiger partial charge < -0.3 is 4.90 Å². The molecule has 2 aliphatic rings. The number of hydrogen-bond donors (Lipinski definition) is 0. The van der Waals surface area contributed by atoms with Gasteiger partial charge in [-0.1, -0.05) is 12.1 Å². The number of hydrogen-bond acceptors (Lipinski definition) is 4. The van der Waals surface area contributed by atoms with Gasteiger partial charge in [0.2, 0.25) is 5.91 Å². The van der Waals surface area contributed by atoms with E-state index in [0.717, 1.165) is 43.1 Å². The van der Waals surface area contributed by atoms with Crippen molar-refractivity contribution in [1.82, 2.24) is 9.97 Å². The van der Waals surface area contributed by atoms with Crippen LogP contribution in [0.15, 0.2) is 36.7 Å². The molecule has 5 heteroatoms. The second kappa shape index (κ2) is 5.83. The molecule has 1 saturated heterocycles. The highest BCUT2D eigenvalue weighted by atomic mass is 16.2. The van der Waals surface area contributed by atoms with E-state index in [9.17, 15) is 4.79 Å². The van der Waals surface area contributed by atoms with Crippen LogP contribution in [-0.2, 0) is 10.2 Å². The molecule has 4 rings (SSSR count). The fraction of sp³-hybridized carbons (Fsp3) is 0.450. The first-order chi connectivity index (χ1) is 12.0. The molecule has 0 bridgehead atoms. The third kappa shape index (κ3) is 2.58. The lowest BCUT2D eigenvalue weighted by Gasteiger charge is -2.37. The predicted molar refractivity (Wildman–Crippen MR) is 99.0 cm³/mol. The van der Waals surface area contributed by atoms with Crippen molar-refractivity contribution in [3.63, 3.8) is 0 Å². The SMILES string of the molecule is Cc1ccc(N2CCC(N3C(=O)C(C)(C)c4cccnc43)CC2)nc1. The Morgan fingerprint density at radius 1 is 1.12 bits per heavy atom. The highest BCUT2D eigenvalue weighted by Crippen LogP contribution is 2.42. The van der Waals surface area contributed by atoms with Gasteiger partial charge in [0, 0.05) is 37.1 Å². The number of aromatic nitrogens is 2. The highest BCUT2D eigenvalue weighted by molar-refractivity contribution is 6.07. The largest absolute Gasteiger partial charge is 0.356 e. The molecule has 25 heavy (non-hydrogen) atoms. The number of amides is 1. The van der Waals surface area contributed by atoms with Gasteiger partial charge in [-0.05, 0) is 51.3 Å². The molecule has 4 heterocycles. The van der Waals surface area contributed by atoms with Crippen LogP contribution in [0.1, 0.15) is 37.8 Å². The van der Waals surface area contributed by atoms with Crippen LogP contribution in [0.3, 0.4) is 0 Å². The number of carbonyl (C=O) groups excluding carboxylic acids is 1. The fourth-order valence-electron chi connectivity index (χ4n) is 3.93. The number of pyridine rings is 2. The van der Waals surface area contributed by atoms with Gasteiger partial charge in [-0.2, -0.15) is 0 Å². The number of rotatable bonds is 2. The van der Waals surface area contributed by atoms with E-state index < -0.39 is 5.41 Å². The van der Waals surface area contributed by atoms with Crippen LogP contribution in [0.2, 0.25) is 0 Å². The first-order valence-corrected chi connectivity index (χ1v) is 8.95. The van der Waals surface area contributed by atoms with Crippen molar-refractivity contribution < 1.29 is 4.79 Å². The van der Waals surface area contributed by atoms with Crippen molar-refractivity contribution in [2.45, 2.75) is 45.1 Å². The van der Waals surface area contributed by atoms with Gasteiger partial charge in [0.1, 0.15) is 11.6 Å². The molecule has 1 fully saturated rings. The number of piperidine rings is 1. The van der Waals surface area contributed by atoms with Crippen molar-refractivity contribution in [2.75, 3.05) is 22.9 Å². The van der Waals surface area contributed by atoms with E-state index >= 15 is 0 Å². The summed E-state index contributed by atoms with van der Waals surface area (Å²) in [6.07, 6.45) is 5.57. The molecule has 2 aromatic rings. The van der Waals surface area contributed by atoms with Crippen molar-refractivity contribution >= 4 is 17.5 Å². The maximum absolute atomic E-state index is 13.0. The van der Waals surface area contributed by atoms with Crippen LogP contribution < -0.4 is 9.80 Å². The second-order valence-electron chi connectivity index (χ2n) is 7.59. The molecule has 1 amide bonds. The first-order valence-electron chi connectivity index (χ1n) is 8.95. The van der Waals surface area contributed by atoms with Gasteiger partial charge in [0.15, 0.2) is 0 Å². The van der Waals surface area contributed by atoms with Crippen molar-refractivity contribution in [3.8, 4) is 0 Å². The Hall–Kier alpha value is -2.43. The molecule has 5 nitrogen and oxygen atoms in total. The van der Waals surface area contributed by atoms with Gasteiger partial charge in [-0.3, -0.25) is 9.69 Å². The lowest BCUT2D eigenvalue weighted by molar-refractivity contribution is -0.122. The van der Waals surface area contributed by atoms with E-state index in [1.807, 2.05) is 44.0 Å². The highest BCUT2D eigenvalue weighted by Gasteiger charge is 2.47. The van der Waals surface area contributed by atoms with Crippen LogP contribution in [0.4, 0.5) is 11.6 Å². The minimum atomic E-state index is -0.487. The lowest BCUT2D eigenvalue weighted by Crippen LogP contribution is -2.49. The maximum Gasteiger partial charge on any atom is 0.238 e. The van der Waals surface area contributed by atoms with Crippen molar-refractivity contribution in [2.24, 2.45) is 0 Å². The smallest absolute Gasteiger partial charge is 0.238 e.